The molecule has 0 saturated heterocycles. The van der Waals surface area contributed by atoms with E-state index in [0.29, 0.717) is 32.1 Å². The maximum Gasteiger partial charge on any atom is 0.380 e. The van der Waals surface area contributed by atoms with E-state index in [-0.39, 0.29) is 12.2 Å². The van der Waals surface area contributed by atoms with Crippen LogP contribution in [-0.4, -0.2) is 17.7 Å². The van der Waals surface area contributed by atoms with Gasteiger partial charge in [0.2, 0.25) is 0 Å². The Hall–Kier alpha value is -1.66. The molecule has 0 heterocycles. The molecule has 0 aromatic carbocycles. The number of rotatable bonds is 11. The smallest absolute Gasteiger partial charge is 0.380 e. The molecular weight excluding hydrogens is 301 g/mol. The van der Waals surface area contributed by atoms with Crippen molar-refractivity contribution in [2.24, 2.45) is 0 Å². The summed E-state index contributed by atoms with van der Waals surface area (Å²) in [5.41, 5.74) is 0. The highest BCUT2D eigenvalue weighted by atomic mass is 19.3. The molecule has 0 unspecified atom stereocenters. The van der Waals surface area contributed by atoms with Crippen LogP contribution in [0.2, 0.25) is 0 Å². The molecule has 0 N–H and O–H groups in total. The Kier molecular flexibility index (Phi) is 11.0. The van der Waals surface area contributed by atoms with Gasteiger partial charge in [-0.3, -0.25) is 9.59 Å². The van der Waals surface area contributed by atoms with Crippen LogP contribution in [0, 0.1) is 0 Å². The molecule has 0 fully saturated rings. The van der Waals surface area contributed by atoms with E-state index in [1.54, 1.807) is 0 Å². The Bertz CT molecular complexity index is 415. The molecule has 0 aliphatic rings. The maximum absolute atomic E-state index is 12.4. The quantitative estimate of drug-likeness (QED) is 0.247. The topological polar surface area (TPSA) is 60.4 Å². The molecule has 0 radical (unpaired) electrons. The van der Waals surface area contributed by atoms with Crippen LogP contribution in [0.15, 0.2) is 11.9 Å². The van der Waals surface area contributed by atoms with Gasteiger partial charge in [-0.25, -0.2) is 4.79 Å². The molecule has 7 heteroatoms. The van der Waals surface area contributed by atoms with Gasteiger partial charge in [-0.1, -0.05) is 26.2 Å². The summed E-state index contributed by atoms with van der Waals surface area (Å²) < 4.78 is 39.8. The fourth-order valence-corrected chi connectivity index (χ4v) is 1.74. The van der Waals surface area contributed by atoms with Crippen LogP contribution in [-0.2, 0) is 19.1 Å². The number of Topliss-reactive ketones (excluding diaryl/α,β-unsaturated/α-hetero) is 1. The van der Waals surface area contributed by atoms with Crippen LogP contribution in [0.5, 0.6) is 0 Å². The molecule has 0 rings (SSSR count). The largest absolute Gasteiger partial charge is 0.388 e. The van der Waals surface area contributed by atoms with Crippen molar-refractivity contribution in [1.29, 1.82) is 0 Å². The minimum absolute atomic E-state index is 0.178. The number of carbonyl (C=O) groups is 3. The number of carbonyl (C=O) groups excluding carboxylic acids is 3. The molecule has 0 atom stereocenters. The maximum atomic E-state index is 12.4. The van der Waals surface area contributed by atoms with Crippen molar-refractivity contribution < 1.29 is 32.3 Å². The SMILES string of the molecule is CCCCCC(=O)CCCCCC(=O)OC(=O)C(F)=C(F)F. The molecule has 0 aliphatic carbocycles. The van der Waals surface area contributed by atoms with Crippen molar-refractivity contribution in [2.75, 3.05) is 0 Å². The predicted octanol–water partition coefficient (Wildman–Crippen LogP) is 4.23. The van der Waals surface area contributed by atoms with Gasteiger partial charge < -0.3 is 4.74 Å². The number of halogens is 3. The number of hydrogen-bond donors (Lipinski definition) is 0. The van der Waals surface area contributed by atoms with Gasteiger partial charge in [-0.2, -0.15) is 13.2 Å². The van der Waals surface area contributed by atoms with E-state index in [1.807, 2.05) is 0 Å². The summed E-state index contributed by atoms with van der Waals surface area (Å²) in [6, 6.07) is 0. The van der Waals surface area contributed by atoms with Gasteiger partial charge >= 0.3 is 18.0 Å². The molecule has 22 heavy (non-hydrogen) atoms. The van der Waals surface area contributed by atoms with Gasteiger partial charge in [0.25, 0.3) is 5.83 Å². The van der Waals surface area contributed by atoms with E-state index in [4.69, 9.17) is 0 Å². The molecule has 0 aromatic heterocycles. The minimum Gasteiger partial charge on any atom is -0.388 e. The van der Waals surface area contributed by atoms with E-state index >= 15 is 0 Å². The van der Waals surface area contributed by atoms with Crippen molar-refractivity contribution in [3.05, 3.63) is 11.9 Å². The number of esters is 2. The molecular formula is C15H21F3O4. The average Bonchev–Trinajstić information content (AvgIpc) is 2.46. The zero-order valence-corrected chi connectivity index (χ0v) is 12.6. The Morgan fingerprint density at radius 2 is 1.36 bits per heavy atom. The Morgan fingerprint density at radius 3 is 1.91 bits per heavy atom. The lowest BCUT2D eigenvalue weighted by Gasteiger charge is -2.02. The van der Waals surface area contributed by atoms with Crippen LogP contribution in [0.1, 0.15) is 64.7 Å². The van der Waals surface area contributed by atoms with Crippen molar-refractivity contribution in [2.45, 2.75) is 64.7 Å². The highest BCUT2D eigenvalue weighted by molar-refractivity contribution is 5.94. The summed E-state index contributed by atoms with van der Waals surface area (Å²) in [6.45, 7) is 2.05. The van der Waals surface area contributed by atoms with Gasteiger partial charge in [0.15, 0.2) is 0 Å². The Morgan fingerprint density at radius 1 is 0.818 bits per heavy atom. The number of unbranched alkanes of at least 4 members (excludes halogenated alkanes) is 4. The normalized spacial score (nSPS) is 10.2. The van der Waals surface area contributed by atoms with Gasteiger partial charge in [-0.05, 0) is 19.3 Å². The van der Waals surface area contributed by atoms with E-state index < -0.39 is 23.8 Å². The standard InChI is InChI=1S/C15H21F3O4/c1-2-3-5-8-11(19)9-6-4-7-10-12(20)22-15(21)13(16)14(17)18/h2-10H2,1H3. The van der Waals surface area contributed by atoms with Crippen LogP contribution in [0.4, 0.5) is 13.2 Å². The first-order valence-corrected chi connectivity index (χ1v) is 7.36. The number of ether oxygens (including phenoxy) is 1. The third-order valence-corrected chi connectivity index (χ3v) is 2.95. The molecule has 0 aromatic rings. The molecule has 0 bridgehead atoms. The third kappa shape index (κ3) is 10.1. The molecule has 0 spiro atoms. The second-order valence-electron chi connectivity index (χ2n) is 4.89. The first kappa shape index (κ1) is 20.3. The zero-order chi connectivity index (χ0) is 17.0. The molecule has 0 saturated carbocycles. The number of ketones is 1. The molecule has 0 aliphatic heterocycles. The average molecular weight is 322 g/mol. The minimum atomic E-state index is -2.82. The summed E-state index contributed by atoms with van der Waals surface area (Å²) >= 11 is 0. The number of hydrogen-bond acceptors (Lipinski definition) is 4. The van der Waals surface area contributed by atoms with Crippen molar-refractivity contribution in [1.82, 2.24) is 0 Å². The highest BCUT2D eigenvalue weighted by Crippen LogP contribution is 2.12. The van der Waals surface area contributed by atoms with Gasteiger partial charge in [-0.15, -0.1) is 0 Å². The lowest BCUT2D eigenvalue weighted by atomic mass is 10.1. The van der Waals surface area contributed by atoms with Gasteiger partial charge in [0.1, 0.15) is 5.78 Å². The lowest BCUT2D eigenvalue weighted by Crippen LogP contribution is -2.13. The summed E-state index contributed by atoms with van der Waals surface area (Å²) in [5, 5.41) is 0. The summed E-state index contributed by atoms with van der Waals surface area (Å²) in [4.78, 5) is 33.3. The molecule has 4 nitrogen and oxygen atoms in total. The Balaban J connectivity index is 3.71. The zero-order valence-electron chi connectivity index (χ0n) is 12.6. The van der Waals surface area contributed by atoms with Crippen molar-refractivity contribution >= 4 is 17.7 Å². The lowest BCUT2D eigenvalue weighted by molar-refractivity contribution is -0.158. The molecule has 0 amide bonds. The highest BCUT2D eigenvalue weighted by Gasteiger charge is 2.20. The third-order valence-electron chi connectivity index (χ3n) is 2.95. The Labute approximate surface area is 127 Å². The van der Waals surface area contributed by atoms with E-state index in [0.717, 1.165) is 19.3 Å². The van der Waals surface area contributed by atoms with E-state index in [2.05, 4.69) is 11.7 Å². The van der Waals surface area contributed by atoms with E-state index in [1.165, 1.54) is 0 Å². The summed E-state index contributed by atoms with van der Waals surface area (Å²) in [7, 11) is 0. The monoisotopic (exact) mass is 322 g/mol. The van der Waals surface area contributed by atoms with Gasteiger partial charge in [0, 0.05) is 19.3 Å². The second-order valence-corrected chi connectivity index (χ2v) is 4.89. The van der Waals surface area contributed by atoms with Gasteiger partial charge in [0.05, 0.1) is 0 Å². The van der Waals surface area contributed by atoms with E-state index in [9.17, 15) is 27.6 Å². The fourth-order valence-electron chi connectivity index (χ4n) is 1.74. The fraction of sp³-hybridized carbons (Fsp3) is 0.667. The van der Waals surface area contributed by atoms with Crippen LogP contribution in [0.3, 0.4) is 0 Å². The first-order chi connectivity index (χ1) is 10.4. The van der Waals surface area contributed by atoms with Crippen molar-refractivity contribution in [3.63, 3.8) is 0 Å². The summed E-state index contributed by atoms with van der Waals surface area (Å²) in [6.07, 6.45) is 2.47. The van der Waals surface area contributed by atoms with Crippen LogP contribution < -0.4 is 0 Å². The summed E-state index contributed by atoms with van der Waals surface area (Å²) in [5.74, 6) is -5.21. The first-order valence-electron chi connectivity index (χ1n) is 7.36. The van der Waals surface area contributed by atoms with Crippen LogP contribution in [0.25, 0.3) is 0 Å². The molecule has 126 valence electrons. The predicted molar refractivity (Wildman–Crippen MR) is 73.7 cm³/mol. The van der Waals surface area contributed by atoms with Crippen LogP contribution >= 0.6 is 0 Å². The second kappa shape index (κ2) is 11.9. The van der Waals surface area contributed by atoms with Crippen molar-refractivity contribution in [3.8, 4) is 0 Å².